The fourth-order valence-electron chi connectivity index (χ4n) is 2.04. The number of rotatable bonds is 6. The van der Waals surface area contributed by atoms with E-state index in [9.17, 15) is 9.18 Å². The summed E-state index contributed by atoms with van der Waals surface area (Å²) in [5.74, 6) is 0.532. The lowest BCUT2D eigenvalue weighted by Crippen LogP contribution is -2.29. The van der Waals surface area contributed by atoms with E-state index in [1.807, 2.05) is 13.8 Å². The monoisotopic (exact) mass is 333 g/mol. The minimum Gasteiger partial charge on any atom is -0.497 e. The molecule has 2 aromatic rings. The van der Waals surface area contributed by atoms with Crippen molar-refractivity contribution in [3.8, 4) is 5.75 Å². The second kappa shape index (κ2) is 8.02. The predicted octanol–water partition coefficient (Wildman–Crippen LogP) is 4.59. The molecule has 5 heteroatoms. The molecule has 0 bridgehead atoms. The molecule has 1 N–H and O–H groups in total. The van der Waals surface area contributed by atoms with Gasteiger partial charge in [-0.05, 0) is 54.4 Å². The van der Waals surface area contributed by atoms with Gasteiger partial charge in [-0.3, -0.25) is 4.79 Å². The van der Waals surface area contributed by atoms with Crippen molar-refractivity contribution in [2.45, 2.75) is 24.0 Å². The summed E-state index contributed by atoms with van der Waals surface area (Å²) in [5.41, 5.74) is 0.723. The second-order valence-electron chi connectivity index (χ2n) is 5.45. The molecule has 0 fully saturated rings. The Kier molecular flexibility index (Phi) is 6.04. The lowest BCUT2D eigenvalue weighted by atomic mass is 10.1. The fraction of sp³-hybridized carbons (Fsp3) is 0.278. The van der Waals surface area contributed by atoms with Crippen molar-refractivity contribution in [3.05, 3.63) is 54.3 Å². The Morgan fingerprint density at radius 2 is 1.70 bits per heavy atom. The Morgan fingerprint density at radius 3 is 2.22 bits per heavy atom. The number of anilines is 1. The predicted molar refractivity (Wildman–Crippen MR) is 92.5 cm³/mol. The third kappa shape index (κ3) is 4.99. The molecule has 0 saturated heterocycles. The number of hydrogen-bond acceptors (Lipinski definition) is 3. The topological polar surface area (TPSA) is 38.3 Å². The van der Waals surface area contributed by atoms with Gasteiger partial charge in [-0.25, -0.2) is 4.39 Å². The molecule has 1 amide bonds. The number of nitrogens with one attached hydrogen (secondary N) is 1. The minimum absolute atomic E-state index is 0.0699. The number of thioether (sulfide) groups is 1. The number of amides is 1. The molecule has 1 atom stereocenters. The summed E-state index contributed by atoms with van der Waals surface area (Å²) in [5, 5.41) is 2.66. The Hall–Kier alpha value is -2.01. The van der Waals surface area contributed by atoms with Gasteiger partial charge in [0.05, 0.1) is 12.4 Å². The van der Waals surface area contributed by atoms with Gasteiger partial charge >= 0.3 is 0 Å². The summed E-state index contributed by atoms with van der Waals surface area (Å²) in [6.45, 7) is 3.99. The van der Waals surface area contributed by atoms with E-state index in [0.717, 1.165) is 16.3 Å². The van der Waals surface area contributed by atoms with Crippen LogP contribution in [0.4, 0.5) is 10.1 Å². The van der Waals surface area contributed by atoms with Crippen LogP contribution in [-0.2, 0) is 4.79 Å². The molecule has 0 aliphatic heterocycles. The molecule has 0 aliphatic rings. The van der Waals surface area contributed by atoms with Crippen LogP contribution in [0.2, 0.25) is 0 Å². The van der Waals surface area contributed by atoms with E-state index in [-0.39, 0.29) is 22.9 Å². The quantitative estimate of drug-likeness (QED) is 0.786. The molecule has 1 unspecified atom stereocenters. The number of carbonyl (C=O) groups is 1. The van der Waals surface area contributed by atoms with Gasteiger partial charge in [-0.15, -0.1) is 11.8 Å². The zero-order valence-electron chi connectivity index (χ0n) is 13.4. The van der Waals surface area contributed by atoms with Crippen molar-refractivity contribution in [2.75, 3.05) is 12.4 Å². The van der Waals surface area contributed by atoms with Crippen molar-refractivity contribution in [2.24, 2.45) is 5.92 Å². The standard InChI is InChI=1S/C18H20FNO2S/c1-12(2)17(23-16-10-4-13(19)5-11-16)18(21)20-14-6-8-15(22-3)9-7-14/h4-12,17H,1-3H3,(H,20,21). The third-order valence-corrected chi connectivity index (χ3v) is 4.85. The van der Waals surface area contributed by atoms with Crippen molar-refractivity contribution in [1.29, 1.82) is 0 Å². The molecular formula is C18H20FNO2S. The third-order valence-electron chi connectivity index (χ3n) is 3.30. The van der Waals surface area contributed by atoms with Crippen molar-refractivity contribution >= 4 is 23.4 Å². The van der Waals surface area contributed by atoms with Crippen LogP contribution < -0.4 is 10.1 Å². The first-order valence-electron chi connectivity index (χ1n) is 7.36. The first-order chi connectivity index (χ1) is 11.0. The first kappa shape index (κ1) is 17.3. The van der Waals surface area contributed by atoms with E-state index in [2.05, 4.69) is 5.32 Å². The maximum absolute atomic E-state index is 13.0. The summed E-state index contributed by atoms with van der Waals surface area (Å²) >= 11 is 1.44. The SMILES string of the molecule is COc1ccc(NC(=O)C(Sc2ccc(F)cc2)C(C)C)cc1. The Bertz CT molecular complexity index is 641. The minimum atomic E-state index is -0.280. The highest BCUT2D eigenvalue weighted by molar-refractivity contribution is 8.00. The van der Waals surface area contributed by atoms with Crippen LogP contribution in [-0.4, -0.2) is 18.3 Å². The number of ether oxygens (including phenoxy) is 1. The lowest BCUT2D eigenvalue weighted by Gasteiger charge is -2.20. The van der Waals surface area contributed by atoms with Gasteiger partial charge < -0.3 is 10.1 Å². The van der Waals surface area contributed by atoms with Crippen molar-refractivity contribution in [3.63, 3.8) is 0 Å². The Labute approximate surface area is 140 Å². The molecular weight excluding hydrogens is 313 g/mol. The Morgan fingerprint density at radius 1 is 1.09 bits per heavy atom. The van der Waals surface area contributed by atoms with Crippen LogP contribution in [0.5, 0.6) is 5.75 Å². The summed E-state index contributed by atoms with van der Waals surface area (Å²) in [7, 11) is 1.60. The molecule has 0 aromatic heterocycles. The van der Waals surface area contributed by atoms with Crippen molar-refractivity contribution < 1.29 is 13.9 Å². The van der Waals surface area contributed by atoms with Gasteiger partial charge in [0, 0.05) is 10.6 Å². The van der Waals surface area contributed by atoms with Crippen LogP contribution >= 0.6 is 11.8 Å². The highest BCUT2D eigenvalue weighted by Gasteiger charge is 2.23. The summed E-state index contributed by atoms with van der Waals surface area (Å²) in [6, 6.07) is 13.4. The molecule has 2 aromatic carbocycles. The van der Waals surface area contributed by atoms with Gasteiger partial charge in [0.2, 0.25) is 5.91 Å². The molecule has 122 valence electrons. The number of benzene rings is 2. The second-order valence-corrected chi connectivity index (χ2v) is 6.67. The first-order valence-corrected chi connectivity index (χ1v) is 8.24. The molecule has 0 heterocycles. The van der Waals surface area contributed by atoms with Gasteiger partial charge in [-0.1, -0.05) is 13.8 Å². The highest BCUT2D eigenvalue weighted by Crippen LogP contribution is 2.29. The molecule has 23 heavy (non-hydrogen) atoms. The summed E-state index contributed by atoms with van der Waals surface area (Å²) < 4.78 is 18.1. The normalized spacial score (nSPS) is 12.0. The van der Waals surface area contributed by atoms with Gasteiger partial charge in [0.25, 0.3) is 0 Å². The van der Waals surface area contributed by atoms with E-state index in [1.165, 1.54) is 23.9 Å². The molecule has 3 nitrogen and oxygen atoms in total. The number of halogens is 1. The Balaban J connectivity index is 2.06. The number of methoxy groups -OCH3 is 1. The van der Waals surface area contributed by atoms with Gasteiger partial charge in [-0.2, -0.15) is 0 Å². The van der Waals surface area contributed by atoms with Crippen LogP contribution in [0.15, 0.2) is 53.4 Å². The molecule has 0 saturated carbocycles. The van der Waals surface area contributed by atoms with E-state index < -0.39 is 0 Å². The highest BCUT2D eigenvalue weighted by atomic mass is 32.2. The van der Waals surface area contributed by atoms with Gasteiger partial charge in [0.1, 0.15) is 11.6 Å². The zero-order valence-corrected chi connectivity index (χ0v) is 14.2. The zero-order chi connectivity index (χ0) is 16.8. The van der Waals surface area contributed by atoms with E-state index in [4.69, 9.17) is 4.74 Å². The maximum Gasteiger partial charge on any atom is 0.238 e. The molecule has 0 spiro atoms. The van der Waals surface area contributed by atoms with Crippen molar-refractivity contribution in [1.82, 2.24) is 0 Å². The number of carbonyl (C=O) groups excluding carboxylic acids is 1. The fourth-order valence-corrected chi connectivity index (χ4v) is 3.06. The summed E-state index contributed by atoms with van der Waals surface area (Å²) in [4.78, 5) is 13.4. The van der Waals surface area contributed by atoms with Crippen LogP contribution in [0, 0.1) is 11.7 Å². The molecule has 0 aliphatic carbocycles. The average Bonchev–Trinajstić information content (AvgIpc) is 2.54. The van der Waals surface area contributed by atoms with E-state index >= 15 is 0 Å². The summed E-state index contributed by atoms with van der Waals surface area (Å²) in [6.07, 6.45) is 0. The molecule has 0 radical (unpaired) electrons. The largest absolute Gasteiger partial charge is 0.497 e. The van der Waals surface area contributed by atoms with E-state index in [1.54, 1.807) is 43.5 Å². The molecule has 2 rings (SSSR count). The number of hydrogen-bond donors (Lipinski definition) is 1. The van der Waals surface area contributed by atoms with E-state index in [0.29, 0.717) is 0 Å². The van der Waals surface area contributed by atoms with Crippen LogP contribution in [0.1, 0.15) is 13.8 Å². The average molecular weight is 333 g/mol. The lowest BCUT2D eigenvalue weighted by molar-refractivity contribution is -0.116. The maximum atomic E-state index is 13.0. The van der Waals surface area contributed by atoms with Gasteiger partial charge in [0.15, 0.2) is 0 Å². The van der Waals surface area contributed by atoms with Crippen LogP contribution in [0.25, 0.3) is 0 Å². The smallest absolute Gasteiger partial charge is 0.238 e. The van der Waals surface area contributed by atoms with Crippen LogP contribution in [0.3, 0.4) is 0 Å².